The highest BCUT2D eigenvalue weighted by molar-refractivity contribution is 7.89. The number of nitrogens with one attached hydrogen (secondary N) is 1. The molecule has 0 atom stereocenters. The number of sulfonamides is 1. The maximum absolute atomic E-state index is 11.3. The first-order chi connectivity index (χ1) is 10.9. The number of benzene rings is 2. The molecule has 0 saturated carbocycles. The molecule has 23 heavy (non-hydrogen) atoms. The Hall–Kier alpha value is -2.22. The molecule has 0 fully saturated rings. The third-order valence-electron chi connectivity index (χ3n) is 3.29. The fourth-order valence-corrected chi connectivity index (χ4v) is 3.29. The average Bonchev–Trinajstić information content (AvgIpc) is 2.97. The minimum absolute atomic E-state index is 0.0921. The molecule has 5 nitrogen and oxygen atoms in total. The Balaban J connectivity index is 1.80. The maximum atomic E-state index is 11.3. The van der Waals surface area contributed by atoms with Gasteiger partial charge in [0.25, 0.3) is 0 Å². The van der Waals surface area contributed by atoms with Crippen LogP contribution >= 0.6 is 11.3 Å². The minimum Gasteiger partial charge on any atom is -0.332 e. The van der Waals surface area contributed by atoms with E-state index in [-0.39, 0.29) is 4.90 Å². The summed E-state index contributed by atoms with van der Waals surface area (Å²) in [6.45, 7) is 2.04. The largest absolute Gasteiger partial charge is 0.332 e. The molecule has 3 N–H and O–H groups in total. The van der Waals surface area contributed by atoms with E-state index >= 15 is 0 Å². The topological polar surface area (TPSA) is 85.1 Å². The van der Waals surface area contributed by atoms with Crippen LogP contribution in [0.4, 0.5) is 10.8 Å². The number of aromatic nitrogens is 1. The van der Waals surface area contributed by atoms with Crippen molar-refractivity contribution in [2.75, 3.05) is 5.32 Å². The summed E-state index contributed by atoms with van der Waals surface area (Å²) in [4.78, 5) is 4.61. The summed E-state index contributed by atoms with van der Waals surface area (Å²) in [5.74, 6) is 0. The quantitative estimate of drug-likeness (QED) is 0.758. The molecule has 118 valence electrons. The SMILES string of the molecule is Cc1ccc(Nc2nc(-c3ccc(S(N)(=O)=O)cc3)cs2)cc1. The smallest absolute Gasteiger partial charge is 0.238 e. The zero-order valence-electron chi connectivity index (χ0n) is 12.4. The summed E-state index contributed by atoms with van der Waals surface area (Å²) in [6.07, 6.45) is 0. The number of aryl methyl sites for hydroxylation is 1. The summed E-state index contributed by atoms with van der Waals surface area (Å²) in [5, 5.41) is 11.0. The van der Waals surface area contributed by atoms with E-state index in [1.165, 1.54) is 29.0 Å². The molecular formula is C16H15N3O2S2. The van der Waals surface area contributed by atoms with Gasteiger partial charge in [0, 0.05) is 16.6 Å². The highest BCUT2D eigenvalue weighted by Crippen LogP contribution is 2.27. The van der Waals surface area contributed by atoms with Gasteiger partial charge in [-0.2, -0.15) is 0 Å². The van der Waals surface area contributed by atoms with Crippen LogP contribution in [0.15, 0.2) is 58.8 Å². The van der Waals surface area contributed by atoms with Crippen molar-refractivity contribution in [2.24, 2.45) is 5.14 Å². The number of hydrogen-bond acceptors (Lipinski definition) is 5. The van der Waals surface area contributed by atoms with Crippen molar-refractivity contribution in [1.82, 2.24) is 4.98 Å². The lowest BCUT2D eigenvalue weighted by Crippen LogP contribution is -2.11. The van der Waals surface area contributed by atoms with Crippen LogP contribution in [-0.2, 0) is 10.0 Å². The zero-order chi connectivity index (χ0) is 16.4. The maximum Gasteiger partial charge on any atom is 0.238 e. The molecule has 0 radical (unpaired) electrons. The molecule has 3 rings (SSSR count). The second kappa shape index (κ2) is 6.11. The van der Waals surface area contributed by atoms with Crippen LogP contribution in [0.1, 0.15) is 5.56 Å². The second-order valence-electron chi connectivity index (χ2n) is 5.10. The van der Waals surface area contributed by atoms with Crippen molar-refractivity contribution in [3.8, 4) is 11.3 Å². The summed E-state index contributed by atoms with van der Waals surface area (Å²) in [6, 6.07) is 14.4. The number of nitrogens with zero attached hydrogens (tertiary/aromatic N) is 1. The fourth-order valence-electron chi connectivity index (χ4n) is 2.04. The summed E-state index contributed by atoms with van der Waals surface area (Å²) >= 11 is 1.49. The average molecular weight is 345 g/mol. The molecule has 0 aliphatic carbocycles. The number of hydrogen-bond donors (Lipinski definition) is 2. The van der Waals surface area contributed by atoms with E-state index in [0.717, 1.165) is 22.1 Å². The normalized spacial score (nSPS) is 11.4. The van der Waals surface area contributed by atoms with Crippen molar-refractivity contribution in [3.63, 3.8) is 0 Å². The van der Waals surface area contributed by atoms with E-state index in [9.17, 15) is 8.42 Å². The molecule has 1 heterocycles. The minimum atomic E-state index is -3.67. The Morgan fingerprint density at radius 1 is 1.04 bits per heavy atom. The number of anilines is 2. The monoisotopic (exact) mass is 345 g/mol. The molecule has 1 aromatic heterocycles. The van der Waals surface area contributed by atoms with Crippen LogP contribution in [0.3, 0.4) is 0 Å². The fraction of sp³-hybridized carbons (Fsp3) is 0.0625. The van der Waals surface area contributed by atoms with Gasteiger partial charge in [0.1, 0.15) is 0 Å². The van der Waals surface area contributed by atoms with E-state index in [1.807, 2.05) is 36.6 Å². The van der Waals surface area contributed by atoms with Crippen molar-refractivity contribution >= 4 is 32.2 Å². The first-order valence-corrected chi connectivity index (χ1v) is 9.27. The van der Waals surface area contributed by atoms with Gasteiger partial charge in [0.05, 0.1) is 10.6 Å². The zero-order valence-corrected chi connectivity index (χ0v) is 14.0. The molecule has 0 spiro atoms. The molecule has 3 aromatic rings. The molecule has 0 aliphatic rings. The number of primary sulfonamides is 1. The van der Waals surface area contributed by atoms with Gasteiger partial charge in [-0.1, -0.05) is 29.8 Å². The van der Waals surface area contributed by atoms with Gasteiger partial charge in [-0.15, -0.1) is 11.3 Å². The van der Waals surface area contributed by atoms with Gasteiger partial charge >= 0.3 is 0 Å². The molecular weight excluding hydrogens is 330 g/mol. The lowest BCUT2D eigenvalue weighted by atomic mass is 10.2. The molecule has 0 amide bonds. The highest BCUT2D eigenvalue weighted by atomic mass is 32.2. The van der Waals surface area contributed by atoms with Gasteiger partial charge in [-0.3, -0.25) is 0 Å². The number of nitrogens with two attached hydrogens (primary N) is 1. The van der Waals surface area contributed by atoms with Gasteiger partial charge in [-0.25, -0.2) is 18.5 Å². The number of rotatable bonds is 4. The van der Waals surface area contributed by atoms with Gasteiger partial charge in [-0.05, 0) is 31.2 Å². The van der Waals surface area contributed by atoms with Gasteiger partial charge in [0.2, 0.25) is 10.0 Å². The lowest BCUT2D eigenvalue weighted by molar-refractivity contribution is 0.598. The second-order valence-corrected chi connectivity index (χ2v) is 7.52. The Labute approximate surface area is 138 Å². The van der Waals surface area contributed by atoms with Crippen LogP contribution in [0.2, 0.25) is 0 Å². The van der Waals surface area contributed by atoms with Crippen molar-refractivity contribution in [3.05, 3.63) is 59.5 Å². The first kappa shape index (κ1) is 15.7. The summed E-state index contributed by atoms with van der Waals surface area (Å²) in [7, 11) is -3.67. The highest BCUT2D eigenvalue weighted by Gasteiger charge is 2.09. The standard InChI is InChI=1S/C16H15N3O2S2/c1-11-2-6-13(7-3-11)18-16-19-15(10-22-16)12-4-8-14(9-5-12)23(17,20)21/h2-10H,1H3,(H,18,19)(H2,17,20,21). The van der Waals surface area contributed by atoms with Crippen LogP contribution in [-0.4, -0.2) is 13.4 Å². The van der Waals surface area contributed by atoms with Crippen LogP contribution in [0, 0.1) is 6.92 Å². The van der Waals surface area contributed by atoms with Crippen molar-refractivity contribution < 1.29 is 8.42 Å². The predicted octanol–water partition coefficient (Wildman–Crippen LogP) is 3.51. The van der Waals surface area contributed by atoms with Gasteiger partial charge in [0.15, 0.2) is 5.13 Å². The molecule has 0 bridgehead atoms. The van der Waals surface area contributed by atoms with E-state index in [2.05, 4.69) is 10.3 Å². The summed E-state index contributed by atoms with van der Waals surface area (Å²) < 4.78 is 22.5. The van der Waals surface area contributed by atoms with E-state index in [4.69, 9.17) is 5.14 Å². The third kappa shape index (κ3) is 3.76. The van der Waals surface area contributed by atoms with E-state index in [1.54, 1.807) is 12.1 Å². The lowest BCUT2D eigenvalue weighted by Gasteiger charge is -2.02. The van der Waals surface area contributed by atoms with Crippen LogP contribution < -0.4 is 10.5 Å². The van der Waals surface area contributed by atoms with Gasteiger partial charge < -0.3 is 5.32 Å². The van der Waals surface area contributed by atoms with Crippen LogP contribution in [0.25, 0.3) is 11.3 Å². The Kier molecular flexibility index (Phi) is 4.16. The van der Waals surface area contributed by atoms with E-state index < -0.39 is 10.0 Å². The van der Waals surface area contributed by atoms with Crippen molar-refractivity contribution in [1.29, 1.82) is 0 Å². The molecule has 7 heteroatoms. The Morgan fingerprint density at radius 3 is 2.30 bits per heavy atom. The third-order valence-corrected chi connectivity index (χ3v) is 4.97. The van der Waals surface area contributed by atoms with Crippen molar-refractivity contribution in [2.45, 2.75) is 11.8 Å². The number of thiazole rings is 1. The summed E-state index contributed by atoms with van der Waals surface area (Å²) in [5.41, 5.74) is 3.79. The molecule has 0 unspecified atom stereocenters. The van der Waals surface area contributed by atoms with Crippen LogP contribution in [0.5, 0.6) is 0 Å². The predicted molar refractivity (Wildman–Crippen MR) is 93.4 cm³/mol. The van der Waals surface area contributed by atoms with E-state index in [0.29, 0.717) is 0 Å². The molecule has 0 saturated heterocycles. The first-order valence-electron chi connectivity index (χ1n) is 6.84. The molecule has 0 aliphatic heterocycles. The Morgan fingerprint density at radius 2 is 1.70 bits per heavy atom. The molecule has 2 aromatic carbocycles. The Bertz CT molecular complexity index is 915.